The molecule has 0 aliphatic carbocycles. The molecule has 1 aliphatic rings. The number of carbonyl (C=O) groups is 2. The zero-order valence-corrected chi connectivity index (χ0v) is 18.0. The second-order valence-corrected chi connectivity index (χ2v) is 7.28. The van der Waals surface area contributed by atoms with E-state index in [9.17, 15) is 9.59 Å². The maximum Gasteiger partial charge on any atom is 0.262 e. The molecule has 0 saturated heterocycles. The highest BCUT2D eigenvalue weighted by molar-refractivity contribution is 5.92. The van der Waals surface area contributed by atoms with Crippen molar-refractivity contribution >= 4 is 23.5 Å². The van der Waals surface area contributed by atoms with Crippen molar-refractivity contribution in [2.75, 3.05) is 23.8 Å². The van der Waals surface area contributed by atoms with Gasteiger partial charge in [-0.15, -0.1) is 0 Å². The van der Waals surface area contributed by atoms with Crippen molar-refractivity contribution < 1.29 is 19.1 Å². The molecule has 0 spiro atoms. The van der Waals surface area contributed by atoms with Crippen LogP contribution in [-0.2, 0) is 16.0 Å². The third kappa shape index (κ3) is 4.56. The summed E-state index contributed by atoms with van der Waals surface area (Å²) in [5, 5.41) is 9.82. The molecule has 0 fully saturated rings. The van der Waals surface area contributed by atoms with E-state index in [-0.39, 0.29) is 30.9 Å². The number of para-hydroxylation sites is 1. The maximum atomic E-state index is 12.4. The number of fused-ring (bicyclic) bond motifs is 1. The summed E-state index contributed by atoms with van der Waals surface area (Å²) in [6.07, 6.45) is 2.46. The lowest BCUT2D eigenvalue weighted by Gasteiger charge is -2.24. The minimum Gasteiger partial charge on any atom is -0.490 e. The van der Waals surface area contributed by atoms with Gasteiger partial charge in [0.25, 0.3) is 5.91 Å². The fourth-order valence-electron chi connectivity index (χ4n) is 3.66. The van der Waals surface area contributed by atoms with E-state index in [1.54, 1.807) is 10.7 Å². The summed E-state index contributed by atoms with van der Waals surface area (Å²) in [7, 11) is 0. The molecule has 1 aromatic heterocycles. The molecule has 1 unspecified atom stereocenters. The predicted octanol–water partition coefficient (Wildman–Crippen LogP) is 3.19. The Hall–Kier alpha value is -3.88. The van der Waals surface area contributed by atoms with Crippen LogP contribution in [0.1, 0.15) is 37.4 Å². The summed E-state index contributed by atoms with van der Waals surface area (Å²) in [5.41, 5.74) is 2.68. The Bertz CT molecular complexity index is 1130. The molecule has 2 N–H and O–H groups in total. The predicted molar refractivity (Wildman–Crippen MR) is 119 cm³/mol. The number of hydrogen-bond acceptors (Lipinski definition) is 6. The monoisotopic (exact) mass is 435 g/mol. The van der Waals surface area contributed by atoms with E-state index in [1.165, 1.54) is 6.33 Å². The van der Waals surface area contributed by atoms with E-state index >= 15 is 0 Å². The van der Waals surface area contributed by atoms with Crippen LogP contribution in [0.25, 0.3) is 0 Å². The van der Waals surface area contributed by atoms with Crippen LogP contribution in [0, 0.1) is 0 Å². The van der Waals surface area contributed by atoms with Gasteiger partial charge >= 0.3 is 0 Å². The summed E-state index contributed by atoms with van der Waals surface area (Å²) in [6.45, 7) is 4.18. The number of carbonyl (C=O) groups excluding carboxylic acids is 2. The Morgan fingerprint density at radius 1 is 1.19 bits per heavy atom. The van der Waals surface area contributed by atoms with E-state index in [4.69, 9.17) is 9.47 Å². The zero-order valence-electron chi connectivity index (χ0n) is 18.0. The number of benzene rings is 2. The van der Waals surface area contributed by atoms with Crippen LogP contribution in [0.15, 0.2) is 48.8 Å². The van der Waals surface area contributed by atoms with Gasteiger partial charge in [0, 0.05) is 5.69 Å². The largest absolute Gasteiger partial charge is 0.490 e. The summed E-state index contributed by atoms with van der Waals surface area (Å²) < 4.78 is 13.2. The molecule has 3 aromatic rings. The number of anilines is 2. The van der Waals surface area contributed by atoms with Crippen molar-refractivity contribution in [2.24, 2.45) is 0 Å². The topological polar surface area (TPSA) is 107 Å². The first-order valence-electron chi connectivity index (χ1n) is 10.6. The van der Waals surface area contributed by atoms with E-state index in [0.717, 1.165) is 23.2 Å². The molecule has 2 aromatic carbocycles. The first-order chi connectivity index (χ1) is 15.6. The number of ether oxygens (including phenoxy) is 2. The van der Waals surface area contributed by atoms with Gasteiger partial charge < -0.3 is 14.8 Å². The molecule has 9 nitrogen and oxygen atoms in total. The van der Waals surface area contributed by atoms with Gasteiger partial charge in [-0.05, 0) is 42.7 Å². The quantitative estimate of drug-likeness (QED) is 0.563. The molecule has 9 heteroatoms. The van der Waals surface area contributed by atoms with Crippen molar-refractivity contribution in [3.05, 3.63) is 59.9 Å². The number of rotatable bonds is 8. The maximum absolute atomic E-state index is 12.4. The molecule has 166 valence electrons. The summed E-state index contributed by atoms with van der Waals surface area (Å²) in [6, 6.07) is 12.8. The Kier molecular flexibility index (Phi) is 6.34. The van der Waals surface area contributed by atoms with Crippen LogP contribution < -0.4 is 20.1 Å². The second kappa shape index (κ2) is 9.51. The van der Waals surface area contributed by atoms with Crippen LogP contribution >= 0.6 is 0 Å². The number of aromatic nitrogens is 3. The molecular weight excluding hydrogens is 410 g/mol. The number of nitrogens with one attached hydrogen (secondary N) is 2. The molecule has 32 heavy (non-hydrogen) atoms. The highest BCUT2D eigenvalue weighted by atomic mass is 16.5. The third-order valence-electron chi connectivity index (χ3n) is 5.18. The van der Waals surface area contributed by atoms with Crippen molar-refractivity contribution in [3.63, 3.8) is 0 Å². The van der Waals surface area contributed by atoms with Gasteiger partial charge in [-0.1, -0.05) is 31.2 Å². The lowest BCUT2D eigenvalue weighted by molar-refractivity contribution is -0.118. The summed E-state index contributed by atoms with van der Waals surface area (Å²) in [5.74, 6) is 0.980. The Balaban J connectivity index is 1.49. The van der Waals surface area contributed by atoms with E-state index in [2.05, 4.69) is 20.7 Å². The first-order valence-corrected chi connectivity index (χ1v) is 10.6. The highest BCUT2D eigenvalue weighted by Crippen LogP contribution is 2.35. The molecule has 2 heterocycles. The average molecular weight is 435 g/mol. The number of hydrogen-bond donors (Lipinski definition) is 2. The molecule has 1 aliphatic heterocycles. The highest BCUT2D eigenvalue weighted by Gasteiger charge is 2.28. The fraction of sp³-hybridized carbons (Fsp3) is 0.304. The average Bonchev–Trinajstić information content (AvgIpc) is 3.26. The van der Waals surface area contributed by atoms with Gasteiger partial charge in [0.1, 0.15) is 6.33 Å². The summed E-state index contributed by atoms with van der Waals surface area (Å²) in [4.78, 5) is 28.6. The zero-order chi connectivity index (χ0) is 22.5. The smallest absolute Gasteiger partial charge is 0.262 e. The van der Waals surface area contributed by atoms with Crippen molar-refractivity contribution in [2.45, 2.75) is 32.7 Å². The van der Waals surface area contributed by atoms with Crippen LogP contribution in [0.5, 0.6) is 11.5 Å². The number of aryl methyl sites for hydroxylation is 1. The minimum atomic E-state index is -0.302. The standard InChI is InChI=1S/C23H25N5O4/c1-3-15-7-5-6-8-17(15)26-22(30)13-32-19-10-9-16(11-20(19)31-4-2)18-12-21(29)27-23-24-14-25-28(18)23/h5-11,14,18H,3-4,12-13H2,1-2H3,(H,26,30)(H,24,25,27,29). The molecule has 0 saturated carbocycles. The van der Waals surface area contributed by atoms with Crippen molar-refractivity contribution in [3.8, 4) is 11.5 Å². The molecular formula is C23H25N5O4. The van der Waals surface area contributed by atoms with Gasteiger partial charge in [0.05, 0.1) is 19.1 Å². The van der Waals surface area contributed by atoms with Crippen LogP contribution in [0.2, 0.25) is 0 Å². The van der Waals surface area contributed by atoms with Crippen molar-refractivity contribution in [1.29, 1.82) is 0 Å². The van der Waals surface area contributed by atoms with E-state index in [1.807, 2.05) is 50.2 Å². The molecule has 4 rings (SSSR count). The summed E-state index contributed by atoms with van der Waals surface area (Å²) >= 11 is 0. The molecule has 1 atom stereocenters. The minimum absolute atomic E-state index is 0.127. The van der Waals surface area contributed by atoms with E-state index < -0.39 is 0 Å². The molecule has 0 radical (unpaired) electrons. The third-order valence-corrected chi connectivity index (χ3v) is 5.18. The lowest BCUT2D eigenvalue weighted by atomic mass is 10.0. The van der Waals surface area contributed by atoms with Crippen LogP contribution in [-0.4, -0.2) is 39.8 Å². The van der Waals surface area contributed by atoms with Crippen molar-refractivity contribution in [1.82, 2.24) is 14.8 Å². The van der Waals surface area contributed by atoms with Gasteiger partial charge in [-0.2, -0.15) is 10.1 Å². The SMILES string of the molecule is CCOc1cc(C2CC(=O)Nc3ncnn32)ccc1OCC(=O)Nc1ccccc1CC. The fourth-order valence-corrected chi connectivity index (χ4v) is 3.66. The second-order valence-electron chi connectivity index (χ2n) is 7.28. The van der Waals surface area contributed by atoms with Crippen LogP contribution in [0.3, 0.4) is 0 Å². The lowest BCUT2D eigenvalue weighted by Crippen LogP contribution is -2.29. The van der Waals surface area contributed by atoms with Gasteiger partial charge in [-0.25, -0.2) is 4.68 Å². The first kappa shape index (κ1) is 21.4. The Morgan fingerprint density at radius 3 is 2.84 bits per heavy atom. The van der Waals surface area contributed by atoms with Crippen LogP contribution in [0.4, 0.5) is 11.6 Å². The van der Waals surface area contributed by atoms with Gasteiger partial charge in [0.2, 0.25) is 11.9 Å². The van der Waals surface area contributed by atoms with E-state index in [0.29, 0.717) is 24.1 Å². The molecule has 2 amide bonds. The van der Waals surface area contributed by atoms with Gasteiger partial charge in [0.15, 0.2) is 18.1 Å². The number of nitrogens with zero attached hydrogens (tertiary/aromatic N) is 3. The normalized spacial score (nSPS) is 14.9. The van der Waals surface area contributed by atoms with Gasteiger partial charge in [-0.3, -0.25) is 14.9 Å². The number of amides is 2. The molecule has 0 bridgehead atoms. The Morgan fingerprint density at radius 2 is 2.03 bits per heavy atom. The Labute approximate surface area is 185 Å².